The summed E-state index contributed by atoms with van der Waals surface area (Å²) in [7, 11) is 0. The van der Waals surface area contributed by atoms with Crippen LogP contribution < -0.4 is 11.5 Å². The van der Waals surface area contributed by atoms with Crippen molar-refractivity contribution in [2.24, 2.45) is 5.73 Å². The van der Waals surface area contributed by atoms with Gasteiger partial charge in [-0.05, 0) is 11.6 Å². The Bertz CT molecular complexity index is 201. The van der Waals surface area contributed by atoms with Gasteiger partial charge in [-0.25, -0.2) is 0 Å². The summed E-state index contributed by atoms with van der Waals surface area (Å²) < 4.78 is 0. The summed E-state index contributed by atoms with van der Waals surface area (Å²) in [5, 5.41) is 0. The molecule has 0 heterocycles. The van der Waals surface area contributed by atoms with E-state index in [1.165, 1.54) is 0 Å². The van der Waals surface area contributed by atoms with E-state index in [-0.39, 0.29) is 5.48 Å². The Morgan fingerprint density at radius 3 is 2.20 bits per heavy atom. The molecule has 0 saturated carbocycles. The molecule has 0 atom stereocenters. The van der Waals surface area contributed by atoms with Crippen LogP contribution in [0.4, 0.5) is 5.69 Å². The lowest BCUT2D eigenvalue weighted by Crippen LogP contribution is -2.00. The molecule has 56 valence electrons. The molecule has 1 rings (SSSR count). The Kier molecular flexibility index (Phi) is 3.46. The third-order valence-corrected chi connectivity index (χ3v) is 1.28. The summed E-state index contributed by atoms with van der Waals surface area (Å²) in [6.07, 6.45) is 0. The van der Waals surface area contributed by atoms with Gasteiger partial charge in [0.25, 0.3) is 0 Å². The lowest BCUT2D eigenvalue weighted by molar-refractivity contribution is 0.824. The van der Waals surface area contributed by atoms with Crippen molar-refractivity contribution in [3.05, 3.63) is 29.8 Å². The Morgan fingerprint density at radius 2 is 1.80 bits per heavy atom. The van der Waals surface area contributed by atoms with Gasteiger partial charge in [-0.15, -0.1) is 0 Å². The van der Waals surface area contributed by atoms with Crippen molar-refractivity contribution < 1.29 is 5.48 Å². The van der Waals surface area contributed by atoms with Crippen molar-refractivity contribution in [1.29, 1.82) is 0 Å². The summed E-state index contributed by atoms with van der Waals surface area (Å²) >= 11 is 0. The van der Waals surface area contributed by atoms with Gasteiger partial charge in [0.15, 0.2) is 0 Å². The second-order valence-corrected chi connectivity index (χ2v) is 1.90. The third kappa shape index (κ3) is 1.72. The predicted octanol–water partition coefficient (Wildman–Crippen LogP) is -0.0972. The van der Waals surface area contributed by atoms with Crippen LogP contribution in [0.3, 0.4) is 0 Å². The van der Waals surface area contributed by atoms with Gasteiger partial charge in [-0.3, -0.25) is 0 Å². The molecule has 1 aromatic carbocycles. The molecule has 6 N–H and O–H groups in total. The van der Waals surface area contributed by atoms with Crippen LogP contribution in [-0.4, -0.2) is 5.48 Å². The first-order valence-corrected chi connectivity index (χ1v) is 2.88. The van der Waals surface area contributed by atoms with Gasteiger partial charge >= 0.3 is 0 Å². The number of rotatable bonds is 1. The van der Waals surface area contributed by atoms with E-state index in [0.29, 0.717) is 6.54 Å². The molecule has 0 aliphatic carbocycles. The molecule has 0 radical (unpaired) electrons. The van der Waals surface area contributed by atoms with Gasteiger partial charge in [0, 0.05) is 12.2 Å². The number of para-hydroxylation sites is 1. The molecule has 0 fully saturated rings. The quantitative estimate of drug-likeness (QED) is 0.534. The maximum atomic E-state index is 5.55. The minimum atomic E-state index is 0. The first kappa shape index (κ1) is 8.94. The average Bonchev–Trinajstić information content (AvgIpc) is 1.89. The fourth-order valence-corrected chi connectivity index (χ4v) is 0.720. The highest BCUT2D eigenvalue weighted by Gasteiger charge is 1.90. The Hall–Kier alpha value is -1.06. The molecule has 0 saturated heterocycles. The first-order valence-electron chi connectivity index (χ1n) is 2.88. The molecular weight excluding hydrogens is 128 g/mol. The van der Waals surface area contributed by atoms with Crippen LogP contribution in [0.1, 0.15) is 5.56 Å². The molecular formula is C7H12N2O. The van der Waals surface area contributed by atoms with Crippen molar-refractivity contribution in [2.45, 2.75) is 6.54 Å². The fraction of sp³-hybridized carbons (Fsp3) is 0.143. The van der Waals surface area contributed by atoms with Crippen LogP contribution in [0.2, 0.25) is 0 Å². The van der Waals surface area contributed by atoms with E-state index >= 15 is 0 Å². The van der Waals surface area contributed by atoms with E-state index in [4.69, 9.17) is 11.5 Å². The molecule has 3 heteroatoms. The molecule has 3 nitrogen and oxygen atoms in total. The lowest BCUT2D eigenvalue weighted by Gasteiger charge is -1.98. The zero-order chi connectivity index (χ0) is 6.69. The Labute approximate surface area is 60.0 Å². The average molecular weight is 140 g/mol. The summed E-state index contributed by atoms with van der Waals surface area (Å²) in [4.78, 5) is 0. The monoisotopic (exact) mass is 140 g/mol. The van der Waals surface area contributed by atoms with E-state index in [9.17, 15) is 0 Å². The zero-order valence-corrected chi connectivity index (χ0v) is 5.67. The molecule has 0 aliphatic rings. The molecule has 0 spiro atoms. The largest absolute Gasteiger partial charge is 0.412 e. The maximum absolute atomic E-state index is 5.55. The highest BCUT2D eigenvalue weighted by Crippen LogP contribution is 2.07. The normalized spacial score (nSPS) is 8.50. The lowest BCUT2D eigenvalue weighted by atomic mass is 10.2. The van der Waals surface area contributed by atoms with Gasteiger partial charge < -0.3 is 16.9 Å². The van der Waals surface area contributed by atoms with Crippen LogP contribution in [0.5, 0.6) is 0 Å². The summed E-state index contributed by atoms with van der Waals surface area (Å²) in [5.74, 6) is 0. The fourth-order valence-electron chi connectivity index (χ4n) is 0.720. The van der Waals surface area contributed by atoms with E-state index in [1.807, 2.05) is 24.3 Å². The van der Waals surface area contributed by atoms with Gasteiger partial charge in [0.1, 0.15) is 0 Å². The second-order valence-electron chi connectivity index (χ2n) is 1.90. The van der Waals surface area contributed by atoms with Crippen molar-refractivity contribution in [2.75, 3.05) is 5.73 Å². The standard InChI is InChI=1S/C7H10N2.H2O/c8-5-6-3-1-2-4-7(6)9;/h1-4H,5,8-9H2;1H2. The molecule has 1 aromatic rings. The highest BCUT2D eigenvalue weighted by molar-refractivity contribution is 5.45. The van der Waals surface area contributed by atoms with Crippen LogP contribution >= 0.6 is 0 Å². The second kappa shape index (κ2) is 3.87. The summed E-state index contributed by atoms with van der Waals surface area (Å²) in [6, 6.07) is 7.60. The molecule has 0 bridgehead atoms. The maximum Gasteiger partial charge on any atom is 0.0359 e. The Balaban J connectivity index is 0.000000810. The van der Waals surface area contributed by atoms with E-state index < -0.39 is 0 Å². The zero-order valence-electron chi connectivity index (χ0n) is 5.67. The smallest absolute Gasteiger partial charge is 0.0359 e. The van der Waals surface area contributed by atoms with Crippen LogP contribution in [0, 0.1) is 0 Å². The van der Waals surface area contributed by atoms with E-state index in [1.54, 1.807) is 0 Å². The van der Waals surface area contributed by atoms with E-state index in [0.717, 1.165) is 11.3 Å². The van der Waals surface area contributed by atoms with Crippen LogP contribution in [-0.2, 0) is 6.54 Å². The molecule has 0 aromatic heterocycles. The van der Waals surface area contributed by atoms with Gasteiger partial charge in [-0.1, -0.05) is 18.2 Å². The minimum Gasteiger partial charge on any atom is -0.412 e. The third-order valence-electron chi connectivity index (χ3n) is 1.28. The summed E-state index contributed by atoms with van der Waals surface area (Å²) in [5.41, 5.74) is 12.7. The van der Waals surface area contributed by atoms with Gasteiger partial charge in [-0.2, -0.15) is 0 Å². The van der Waals surface area contributed by atoms with Crippen molar-refractivity contribution >= 4 is 5.69 Å². The SMILES string of the molecule is NCc1ccccc1N.O. The molecule has 0 unspecified atom stereocenters. The number of nitrogen functional groups attached to an aromatic ring is 1. The number of nitrogens with two attached hydrogens (primary N) is 2. The van der Waals surface area contributed by atoms with Crippen molar-refractivity contribution in [3.63, 3.8) is 0 Å². The van der Waals surface area contributed by atoms with Crippen LogP contribution in [0.15, 0.2) is 24.3 Å². The van der Waals surface area contributed by atoms with Crippen molar-refractivity contribution in [3.8, 4) is 0 Å². The predicted molar refractivity (Wildman–Crippen MR) is 42.4 cm³/mol. The number of hydrogen-bond donors (Lipinski definition) is 2. The Morgan fingerprint density at radius 1 is 1.20 bits per heavy atom. The molecule has 0 amide bonds. The van der Waals surface area contributed by atoms with E-state index in [2.05, 4.69) is 0 Å². The topological polar surface area (TPSA) is 83.5 Å². The minimum absolute atomic E-state index is 0. The first-order chi connectivity index (χ1) is 4.34. The number of anilines is 1. The summed E-state index contributed by atoms with van der Waals surface area (Å²) in [6.45, 7) is 0.521. The van der Waals surface area contributed by atoms with Gasteiger partial charge in [0.05, 0.1) is 0 Å². The number of benzene rings is 1. The van der Waals surface area contributed by atoms with Crippen LogP contribution in [0.25, 0.3) is 0 Å². The molecule has 10 heavy (non-hydrogen) atoms. The van der Waals surface area contributed by atoms with Gasteiger partial charge in [0.2, 0.25) is 0 Å². The highest BCUT2D eigenvalue weighted by atomic mass is 16.0. The molecule has 0 aliphatic heterocycles. The number of hydrogen-bond acceptors (Lipinski definition) is 2. The van der Waals surface area contributed by atoms with Crippen molar-refractivity contribution in [1.82, 2.24) is 0 Å².